The number of rotatable bonds is 16. The maximum atomic E-state index is 9.32. The number of nitrogens with zero attached hydrogens (tertiary/aromatic N) is 5. The van der Waals surface area contributed by atoms with Crippen molar-refractivity contribution in [2.24, 2.45) is 7.05 Å². The van der Waals surface area contributed by atoms with Crippen LogP contribution in [0.1, 0.15) is 58.3 Å². The third-order valence-corrected chi connectivity index (χ3v) is 9.75. The van der Waals surface area contributed by atoms with Gasteiger partial charge in [-0.25, -0.2) is 0 Å². The van der Waals surface area contributed by atoms with Gasteiger partial charge in [0.05, 0.1) is 22.9 Å². The molecule has 0 amide bonds. The summed E-state index contributed by atoms with van der Waals surface area (Å²) in [5.41, 5.74) is 8.84. The number of benzene rings is 3. The maximum absolute atomic E-state index is 9.32. The summed E-state index contributed by atoms with van der Waals surface area (Å²) in [6.45, 7) is 10.2. The third kappa shape index (κ3) is 9.27. The van der Waals surface area contributed by atoms with Gasteiger partial charge in [-0.3, -0.25) is 9.67 Å². The Kier molecular flexibility index (Phi) is 12.2. The van der Waals surface area contributed by atoms with Crippen LogP contribution in [0.3, 0.4) is 0 Å². The molecule has 1 fully saturated rings. The van der Waals surface area contributed by atoms with Crippen molar-refractivity contribution < 1.29 is 14.2 Å². The number of aryl methyl sites for hydroxylation is 1. The van der Waals surface area contributed by atoms with Gasteiger partial charge >= 0.3 is 0 Å². The highest BCUT2D eigenvalue weighted by Gasteiger charge is 2.16. The minimum Gasteiger partial charge on any atom is -0.493 e. The van der Waals surface area contributed by atoms with E-state index in [-0.39, 0.29) is 6.61 Å². The smallest absolute Gasteiger partial charge is 0.142 e. The summed E-state index contributed by atoms with van der Waals surface area (Å²) in [6.07, 6.45) is 8.66. The van der Waals surface area contributed by atoms with E-state index in [0.29, 0.717) is 48.4 Å². The number of likely N-dealkylation sites (tertiary alicyclic amines) is 1. The van der Waals surface area contributed by atoms with Crippen molar-refractivity contribution >= 4 is 11.6 Å². The number of ether oxygens (including phenoxy) is 3. The Hall–Kier alpha value is -4.88. The first-order valence-corrected chi connectivity index (χ1v) is 17.9. The lowest BCUT2D eigenvalue weighted by atomic mass is 9.93. The summed E-state index contributed by atoms with van der Waals surface area (Å²) in [5.74, 6) is 2.09. The predicted octanol–water partition coefficient (Wildman–Crippen LogP) is 7.94. The molecule has 0 atom stereocenters. The second kappa shape index (κ2) is 17.4. The van der Waals surface area contributed by atoms with Gasteiger partial charge in [0.15, 0.2) is 0 Å². The van der Waals surface area contributed by atoms with Crippen molar-refractivity contribution in [1.82, 2.24) is 25.0 Å². The lowest BCUT2D eigenvalue weighted by Crippen LogP contribution is -2.22. The van der Waals surface area contributed by atoms with Crippen molar-refractivity contribution in [3.63, 3.8) is 0 Å². The number of nitriles is 1. The van der Waals surface area contributed by atoms with Gasteiger partial charge in [0, 0.05) is 62.5 Å². The molecule has 10 heteroatoms. The summed E-state index contributed by atoms with van der Waals surface area (Å²) < 4.78 is 20.8. The van der Waals surface area contributed by atoms with E-state index in [1.165, 1.54) is 32.1 Å². The van der Waals surface area contributed by atoms with Crippen LogP contribution < -0.4 is 19.5 Å². The van der Waals surface area contributed by atoms with E-state index in [1.807, 2.05) is 29.9 Å². The molecule has 3 aromatic carbocycles. The molecular formula is C41H45ClN6O3. The van der Waals surface area contributed by atoms with E-state index in [1.54, 1.807) is 18.5 Å². The Morgan fingerprint density at radius 1 is 0.843 bits per heavy atom. The van der Waals surface area contributed by atoms with Gasteiger partial charge < -0.3 is 24.4 Å². The van der Waals surface area contributed by atoms with Gasteiger partial charge in [0.2, 0.25) is 0 Å². The SMILES string of the molecule is Cc1c(COc2cc(OCc3cncc(C#N)c3)c(CNCc3ccnn3C)cc2Cl)cccc1-c1cccc(OCCCN2CCCC2)c1C. The van der Waals surface area contributed by atoms with Crippen LogP contribution in [0.4, 0.5) is 0 Å². The molecule has 1 aliphatic heterocycles. The number of hydrogen-bond acceptors (Lipinski definition) is 8. The average Bonchev–Trinajstić information content (AvgIpc) is 3.82. The number of halogens is 1. The first-order chi connectivity index (χ1) is 24.9. The maximum Gasteiger partial charge on any atom is 0.142 e. The van der Waals surface area contributed by atoms with E-state index in [4.69, 9.17) is 25.8 Å². The van der Waals surface area contributed by atoms with Gasteiger partial charge in [-0.15, -0.1) is 0 Å². The Morgan fingerprint density at radius 2 is 1.63 bits per heavy atom. The quantitative estimate of drug-likeness (QED) is 0.103. The van der Waals surface area contributed by atoms with Gasteiger partial charge in [0.25, 0.3) is 0 Å². The summed E-state index contributed by atoms with van der Waals surface area (Å²) in [6, 6.07) is 22.2. The zero-order chi connectivity index (χ0) is 35.6. The largest absolute Gasteiger partial charge is 0.493 e. The fourth-order valence-electron chi connectivity index (χ4n) is 6.47. The molecule has 1 N–H and O–H groups in total. The summed E-state index contributed by atoms with van der Waals surface area (Å²) >= 11 is 6.84. The number of nitrogens with one attached hydrogen (secondary N) is 1. The molecule has 0 aliphatic carbocycles. The Labute approximate surface area is 305 Å². The van der Waals surface area contributed by atoms with Crippen molar-refractivity contribution in [2.75, 3.05) is 26.2 Å². The molecule has 3 heterocycles. The van der Waals surface area contributed by atoms with E-state index < -0.39 is 0 Å². The molecule has 5 aromatic rings. The van der Waals surface area contributed by atoms with Crippen LogP contribution in [-0.4, -0.2) is 45.9 Å². The number of pyridine rings is 1. The molecule has 264 valence electrons. The summed E-state index contributed by atoms with van der Waals surface area (Å²) in [7, 11) is 1.92. The van der Waals surface area contributed by atoms with E-state index in [9.17, 15) is 5.26 Å². The molecule has 1 saturated heterocycles. The lowest BCUT2D eigenvalue weighted by molar-refractivity contribution is 0.262. The molecular weight excluding hydrogens is 660 g/mol. The molecule has 1 aliphatic rings. The predicted molar refractivity (Wildman–Crippen MR) is 200 cm³/mol. The molecule has 2 aromatic heterocycles. The molecule has 51 heavy (non-hydrogen) atoms. The van der Waals surface area contributed by atoms with Gasteiger partial charge in [-0.2, -0.15) is 10.4 Å². The molecule has 0 spiro atoms. The highest BCUT2D eigenvalue weighted by molar-refractivity contribution is 6.32. The van der Waals surface area contributed by atoms with E-state index in [2.05, 4.69) is 76.6 Å². The van der Waals surface area contributed by atoms with E-state index >= 15 is 0 Å². The molecule has 9 nitrogen and oxygen atoms in total. The molecule has 0 radical (unpaired) electrons. The Bertz CT molecular complexity index is 1980. The van der Waals surface area contributed by atoms with Crippen molar-refractivity contribution in [1.29, 1.82) is 5.26 Å². The van der Waals surface area contributed by atoms with Crippen molar-refractivity contribution in [3.05, 3.63) is 123 Å². The first kappa shape index (κ1) is 35.9. The first-order valence-electron chi connectivity index (χ1n) is 17.5. The van der Waals surface area contributed by atoms with Crippen LogP contribution in [0.25, 0.3) is 11.1 Å². The fraction of sp³-hybridized carbons (Fsp3) is 0.341. The lowest BCUT2D eigenvalue weighted by Gasteiger charge is -2.19. The number of aromatic nitrogens is 3. The van der Waals surface area contributed by atoms with E-state index in [0.717, 1.165) is 63.4 Å². The van der Waals surface area contributed by atoms with Crippen molar-refractivity contribution in [2.45, 2.75) is 59.4 Å². The normalized spacial score (nSPS) is 12.9. The van der Waals surface area contributed by atoms with Crippen LogP contribution in [0.5, 0.6) is 17.2 Å². The second-order valence-corrected chi connectivity index (χ2v) is 13.4. The summed E-state index contributed by atoms with van der Waals surface area (Å²) in [5, 5.41) is 17.5. The Balaban J connectivity index is 1.16. The van der Waals surface area contributed by atoms with Gasteiger partial charge in [-0.05, 0) is 98.3 Å². The summed E-state index contributed by atoms with van der Waals surface area (Å²) in [4.78, 5) is 6.69. The van der Waals surface area contributed by atoms with Gasteiger partial charge in [-0.1, -0.05) is 41.9 Å². The minimum atomic E-state index is 0.236. The van der Waals surface area contributed by atoms with Crippen LogP contribution in [0.2, 0.25) is 5.02 Å². The van der Waals surface area contributed by atoms with Crippen LogP contribution in [0.15, 0.2) is 79.3 Å². The Morgan fingerprint density at radius 3 is 2.41 bits per heavy atom. The zero-order valence-corrected chi connectivity index (χ0v) is 30.4. The topological polar surface area (TPSA) is 97.5 Å². The molecule has 0 unspecified atom stereocenters. The highest BCUT2D eigenvalue weighted by Crippen LogP contribution is 2.36. The van der Waals surface area contributed by atoms with Crippen LogP contribution in [-0.2, 0) is 33.4 Å². The highest BCUT2D eigenvalue weighted by atomic mass is 35.5. The van der Waals surface area contributed by atoms with Crippen LogP contribution >= 0.6 is 11.6 Å². The molecule has 0 bridgehead atoms. The standard InChI is InChI=1S/C41H45ClN6O3/c1-29-33(9-6-10-36(29)37-11-7-12-39(30(37)2)49-18-8-17-48-15-4-5-16-48)28-51-41-21-40(50-27-32-19-31(22-43)23-44-24-32)34(20-38(41)42)25-45-26-35-13-14-46-47(35)3/h6-7,9-14,19-21,23-24,45H,4-5,8,15-18,25-28H2,1-3H3. The molecule has 6 rings (SSSR count). The third-order valence-electron chi connectivity index (χ3n) is 9.46. The number of hydrogen-bond donors (Lipinski definition) is 1. The minimum absolute atomic E-state index is 0.236. The van der Waals surface area contributed by atoms with Crippen LogP contribution in [0, 0.1) is 25.2 Å². The molecule has 0 saturated carbocycles. The average molecular weight is 705 g/mol. The monoisotopic (exact) mass is 704 g/mol. The van der Waals surface area contributed by atoms with Gasteiger partial charge in [0.1, 0.15) is 36.5 Å². The zero-order valence-electron chi connectivity index (χ0n) is 29.6. The fourth-order valence-corrected chi connectivity index (χ4v) is 6.71. The van der Waals surface area contributed by atoms with Crippen molar-refractivity contribution in [3.8, 4) is 34.4 Å². The second-order valence-electron chi connectivity index (χ2n) is 13.0.